The summed E-state index contributed by atoms with van der Waals surface area (Å²) in [5.41, 5.74) is 2.91. The number of ether oxygens (including phenoxy) is 2. The highest BCUT2D eigenvalue weighted by atomic mass is 32.1. The number of benzene rings is 1. The van der Waals surface area contributed by atoms with Gasteiger partial charge in [-0.15, -0.1) is 11.3 Å². The van der Waals surface area contributed by atoms with Crippen LogP contribution in [0.3, 0.4) is 0 Å². The van der Waals surface area contributed by atoms with Gasteiger partial charge in [0.15, 0.2) is 6.61 Å². The van der Waals surface area contributed by atoms with Crippen molar-refractivity contribution in [1.29, 1.82) is 0 Å². The maximum absolute atomic E-state index is 12.9. The summed E-state index contributed by atoms with van der Waals surface area (Å²) in [7, 11) is 1.67. The number of hydrogen-bond acceptors (Lipinski definition) is 7. The molecule has 2 aromatic rings. The molecular formula is C24H29N3O6S. The number of amides is 2. The van der Waals surface area contributed by atoms with Crippen molar-refractivity contribution in [3.05, 3.63) is 45.8 Å². The van der Waals surface area contributed by atoms with E-state index in [2.05, 4.69) is 10.3 Å². The minimum Gasteiger partial charge on any atom is -0.494 e. The number of fused-ring (bicyclic) bond motifs is 1. The van der Waals surface area contributed by atoms with Gasteiger partial charge in [0.05, 0.1) is 13.2 Å². The smallest absolute Gasteiger partial charge is 0.410 e. The lowest BCUT2D eigenvalue weighted by Crippen LogP contribution is -2.36. The van der Waals surface area contributed by atoms with Crippen LogP contribution in [0.5, 0.6) is 5.75 Å². The van der Waals surface area contributed by atoms with Crippen LogP contribution in [0.4, 0.5) is 9.80 Å². The number of aliphatic carboxylic acids is 1. The average Bonchev–Trinajstić information content (AvgIpc) is 3.14. The lowest BCUT2D eigenvalue weighted by molar-refractivity contribution is -0.140. The van der Waals surface area contributed by atoms with Gasteiger partial charge in [-0.1, -0.05) is 19.1 Å². The lowest BCUT2D eigenvalue weighted by atomic mass is 9.97. The van der Waals surface area contributed by atoms with Crippen molar-refractivity contribution in [2.45, 2.75) is 39.2 Å². The molecule has 1 aromatic heterocycles. The van der Waals surface area contributed by atoms with Crippen LogP contribution in [-0.2, 0) is 27.3 Å². The summed E-state index contributed by atoms with van der Waals surface area (Å²) in [6.07, 6.45) is 1.92. The number of carboxylic acid groups (broad SMARTS) is 1. The summed E-state index contributed by atoms with van der Waals surface area (Å²) in [6.45, 7) is 4.52. The summed E-state index contributed by atoms with van der Waals surface area (Å²) in [5.74, 6) is -0.535. The third-order valence-corrected chi connectivity index (χ3v) is 6.56. The van der Waals surface area contributed by atoms with E-state index in [1.807, 2.05) is 38.1 Å². The maximum Gasteiger partial charge on any atom is 0.410 e. The highest BCUT2D eigenvalue weighted by Gasteiger charge is 2.28. The summed E-state index contributed by atoms with van der Waals surface area (Å²) >= 11 is 1.40. The first-order valence-corrected chi connectivity index (χ1v) is 11.9. The molecule has 0 fully saturated rings. The number of anilines is 1. The predicted molar refractivity (Wildman–Crippen MR) is 130 cm³/mol. The standard InChI is InChI=1S/C24H29N3O6S/c1-4-32-17-7-5-6-16(11-17)15(2)10-21(28)26-23-19(12-25-3)18-8-9-27(13-20(18)34-23)24(31)33-14-22(29)30/h5-7,11-12,15H,4,8-10,13-14H2,1-3H3,(H,26,28)(H,29,30). The number of carbonyl (C=O) groups is 3. The van der Waals surface area contributed by atoms with Gasteiger partial charge in [0.1, 0.15) is 10.8 Å². The number of hydrogen-bond donors (Lipinski definition) is 2. The molecule has 3 rings (SSSR count). The van der Waals surface area contributed by atoms with E-state index in [1.54, 1.807) is 13.3 Å². The zero-order valence-electron chi connectivity index (χ0n) is 19.5. The van der Waals surface area contributed by atoms with Gasteiger partial charge < -0.3 is 24.8 Å². The van der Waals surface area contributed by atoms with Gasteiger partial charge in [0, 0.05) is 36.7 Å². The first kappa shape index (κ1) is 25.2. The second kappa shape index (κ2) is 11.6. The van der Waals surface area contributed by atoms with E-state index in [-0.39, 0.29) is 11.8 Å². The van der Waals surface area contributed by atoms with Crippen LogP contribution in [0.25, 0.3) is 0 Å². The van der Waals surface area contributed by atoms with Crippen LogP contribution in [0.1, 0.15) is 47.8 Å². The molecule has 0 radical (unpaired) electrons. The Morgan fingerprint density at radius 1 is 1.35 bits per heavy atom. The molecule has 2 amide bonds. The minimum absolute atomic E-state index is 0.00205. The fourth-order valence-electron chi connectivity index (χ4n) is 3.81. The molecule has 0 spiro atoms. The van der Waals surface area contributed by atoms with Crippen molar-refractivity contribution in [2.75, 3.05) is 32.1 Å². The van der Waals surface area contributed by atoms with Crippen molar-refractivity contribution in [2.24, 2.45) is 4.99 Å². The monoisotopic (exact) mass is 487 g/mol. The van der Waals surface area contributed by atoms with Crippen LogP contribution in [-0.4, -0.2) is 61.0 Å². The van der Waals surface area contributed by atoms with Gasteiger partial charge in [-0.25, -0.2) is 9.59 Å². The van der Waals surface area contributed by atoms with Crippen molar-refractivity contribution < 1.29 is 29.0 Å². The van der Waals surface area contributed by atoms with E-state index in [1.165, 1.54) is 16.2 Å². The molecular weight excluding hydrogens is 458 g/mol. The molecule has 0 saturated heterocycles. The van der Waals surface area contributed by atoms with E-state index in [0.717, 1.165) is 27.3 Å². The van der Waals surface area contributed by atoms with E-state index >= 15 is 0 Å². The molecule has 10 heteroatoms. The number of carbonyl (C=O) groups excluding carboxylic acids is 2. The molecule has 9 nitrogen and oxygen atoms in total. The van der Waals surface area contributed by atoms with Crippen molar-refractivity contribution >= 4 is 40.5 Å². The predicted octanol–water partition coefficient (Wildman–Crippen LogP) is 3.91. The molecule has 0 aliphatic carbocycles. The van der Waals surface area contributed by atoms with Crippen molar-refractivity contribution in [3.8, 4) is 5.75 Å². The highest BCUT2D eigenvalue weighted by Crippen LogP contribution is 2.37. The second-order valence-corrected chi connectivity index (χ2v) is 9.02. The Balaban J connectivity index is 1.70. The van der Waals surface area contributed by atoms with Gasteiger partial charge >= 0.3 is 12.1 Å². The molecule has 1 unspecified atom stereocenters. The van der Waals surface area contributed by atoms with E-state index in [9.17, 15) is 14.4 Å². The second-order valence-electron chi connectivity index (χ2n) is 7.91. The fraction of sp³-hybridized carbons (Fsp3) is 0.417. The lowest BCUT2D eigenvalue weighted by Gasteiger charge is -2.26. The first-order chi connectivity index (χ1) is 16.3. The third kappa shape index (κ3) is 6.34. The van der Waals surface area contributed by atoms with Crippen molar-refractivity contribution in [3.63, 3.8) is 0 Å². The summed E-state index contributed by atoms with van der Waals surface area (Å²) in [5, 5.41) is 12.4. The summed E-state index contributed by atoms with van der Waals surface area (Å²) in [4.78, 5) is 42.2. The Hall–Kier alpha value is -3.40. The van der Waals surface area contributed by atoms with Crippen molar-refractivity contribution in [1.82, 2.24) is 4.90 Å². The molecule has 1 atom stereocenters. The van der Waals surface area contributed by atoms with E-state index in [0.29, 0.717) is 37.5 Å². The Bertz CT molecular complexity index is 1080. The zero-order valence-corrected chi connectivity index (χ0v) is 20.3. The van der Waals surface area contributed by atoms with Crippen LogP contribution >= 0.6 is 11.3 Å². The van der Waals surface area contributed by atoms with Gasteiger partial charge in [-0.3, -0.25) is 9.79 Å². The van der Waals surface area contributed by atoms with Gasteiger partial charge in [0.25, 0.3) is 0 Å². The van der Waals surface area contributed by atoms with E-state index < -0.39 is 18.7 Å². The molecule has 1 aliphatic rings. The summed E-state index contributed by atoms with van der Waals surface area (Å²) < 4.78 is 10.4. The fourth-order valence-corrected chi connectivity index (χ4v) is 5.06. The molecule has 1 aromatic carbocycles. The molecule has 34 heavy (non-hydrogen) atoms. The Labute approximate surface area is 202 Å². The van der Waals surface area contributed by atoms with Gasteiger partial charge in [-0.2, -0.15) is 0 Å². The van der Waals surface area contributed by atoms with Crippen LogP contribution < -0.4 is 10.1 Å². The third-order valence-electron chi connectivity index (χ3n) is 5.42. The molecule has 0 saturated carbocycles. The number of nitrogens with zero attached hydrogens (tertiary/aromatic N) is 2. The van der Waals surface area contributed by atoms with Gasteiger partial charge in [0.2, 0.25) is 5.91 Å². The number of nitrogens with one attached hydrogen (secondary N) is 1. The molecule has 2 N–H and O–H groups in total. The Kier molecular flexibility index (Phi) is 8.64. The minimum atomic E-state index is -1.20. The van der Waals surface area contributed by atoms with Gasteiger partial charge in [-0.05, 0) is 42.5 Å². The zero-order chi connectivity index (χ0) is 24.7. The largest absolute Gasteiger partial charge is 0.494 e. The SMILES string of the molecule is CCOc1cccc(C(C)CC(=O)Nc2sc3c(c2C=NC)CCN(C(=O)OCC(=O)O)C3)c1. The maximum atomic E-state index is 12.9. The van der Waals surface area contributed by atoms with E-state index in [4.69, 9.17) is 14.6 Å². The quantitative estimate of drug-likeness (QED) is 0.518. The average molecular weight is 488 g/mol. The van der Waals surface area contributed by atoms with Crippen LogP contribution in [0, 0.1) is 0 Å². The number of rotatable bonds is 9. The summed E-state index contributed by atoms with van der Waals surface area (Å²) in [6, 6.07) is 7.76. The number of thiophene rings is 1. The highest BCUT2D eigenvalue weighted by molar-refractivity contribution is 7.16. The topological polar surface area (TPSA) is 118 Å². The van der Waals surface area contributed by atoms with Crippen LogP contribution in [0.2, 0.25) is 0 Å². The molecule has 0 bridgehead atoms. The Morgan fingerprint density at radius 2 is 2.15 bits per heavy atom. The molecule has 2 heterocycles. The number of carboxylic acids is 1. The molecule has 1 aliphatic heterocycles. The Morgan fingerprint density at radius 3 is 2.85 bits per heavy atom. The van der Waals surface area contributed by atoms with Crippen LogP contribution in [0.15, 0.2) is 29.3 Å². The first-order valence-electron chi connectivity index (χ1n) is 11.0. The number of aliphatic imine (C=N–C) groups is 1. The molecule has 182 valence electrons. The normalized spacial score (nSPS) is 13.9.